The number of carbonyl (C=O) groups is 2. The monoisotopic (exact) mass is 264 g/mol. The van der Waals surface area contributed by atoms with Gasteiger partial charge >= 0.3 is 12.0 Å². The van der Waals surface area contributed by atoms with Crippen LogP contribution < -0.4 is 5.32 Å². The number of morpholine rings is 1. The molecule has 6 nitrogen and oxygen atoms in total. The van der Waals surface area contributed by atoms with Gasteiger partial charge in [-0.15, -0.1) is 0 Å². The van der Waals surface area contributed by atoms with Crippen molar-refractivity contribution in [3.05, 3.63) is 29.3 Å². The lowest BCUT2D eigenvalue weighted by molar-refractivity contribution is 0.0564. The van der Waals surface area contributed by atoms with Gasteiger partial charge in [-0.3, -0.25) is 0 Å². The molecule has 1 aromatic carbocycles. The molecular formula is C13H16N2O4. The summed E-state index contributed by atoms with van der Waals surface area (Å²) in [5.74, 6) is -0.978. The molecule has 6 heteroatoms. The number of nitrogens with zero attached hydrogens (tertiary/aromatic N) is 1. The van der Waals surface area contributed by atoms with Gasteiger partial charge in [0.2, 0.25) is 0 Å². The van der Waals surface area contributed by atoms with Crippen LogP contribution in [0, 0.1) is 6.92 Å². The fourth-order valence-electron chi connectivity index (χ4n) is 1.90. The van der Waals surface area contributed by atoms with E-state index in [1.54, 1.807) is 17.9 Å². The Kier molecular flexibility index (Phi) is 4.01. The van der Waals surface area contributed by atoms with Crippen molar-refractivity contribution in [1.29, 1.82) is 0 Å². The molecule has 0 aromatic heterocycles. The second-order valence-corrected chi connectivity index (χ2v) is 4.36. The van der Waals surface area contributed by atoms with Crippen LogP contribution in [0.15, 0.2) is 18.2 Å². The van der Waals surface area contributed by atoms with Crippen molar-refractivity contribution in [2.24, 2.45) is 0 Å². The molecule has 0 saturated carbocycles. The number of hydrogen-bond donors (Lipinski definition) is 2. The number of amides is 2. The third-order valence-corrected chi connectivity index (χ3v) is 3.01. The summed E-state index contributed by atoms with van der Waals surface area (Å²) in [6.07, 6.45) is 0. The third kappa shape index (κ3) is 3.23. The molecule has 1 aliphatic rings. The first-order chi connectivity index (χ1) is 9.08. The molecule has 1 fully saturated rings. The Morgan fingerprint density at radius 2 is 2.00 bits per heavy atom. The Bertz CT molecular complexity index is 495. The maximum Gasteiger partial charge on any atom is 0.335 e. The molecule has 2 rings (SSSR count). The van der Waals surface area contributed by atoms with Gasteiger partial charge in [0.1, 0.15) is 0 Å². The van der Waals surface area contributed by atoms with Gasteiger partial charge in [0.05, 0.1) is 18.8 Å². The lowest BCUT2D eigenvalue weighted by atomic mass is 10.1. The van der Waals surface area contributed by atoms with Crippen LogP contribution in [-0.2, 0) is 4.74 Å². The number of urea groups is 1. The van der Waals surface area contributed by atoms with E-state index >= 15 is 0 Å². The third-order valence-electron chi connectivity index (χ3n) is 3.01. The average Bonchev–Trinajstić information content (AvgIpc) is 2.41. The van der Waals surface area contributed by atoms with Gasteiger partial charge in [-0.1, -0.05) is 0 Å². The molecule has 0 spiro atoms. The van der Waals surface area contributed by atoms with Gasteiger partial charge < -0.3 is 20.1 Å². The predicted molar refractivity (Wildman–Crippen MR) is 69.5 cm³/mol. The molecule has 1 heterocycles. The number of hydrogen-bond acceptors (Lipinski definition) is 3. The quantitative estimate of drug-likeness (QED) is 0.849. The number of carboxylic acids is 1. The zero-order chi connectivity index (χ0) is 13.8. The van der Waals surface area contributed by atoms with E-state index in [1.165, 1.54) is 12.1 Å². The lowest BCUT2D eigenvalue weighted by Crippen LogP contribution is -2.43. The molecule has 19 heavy (non-hydrogen) atoms. The summed E-state index contributed by atoms with van der Waals surface area (Å²) in [4.78, 5) is 24.5. The highest BCUT2D eigenvalue weighted by Crippen LogP contribution is 2.17. The maximum atomic E-state index is 12.0. The van der Waals surface area contributed by atoms with Crippen molar-refractivity contribution >= 4 is 17.7 Å². The van der Waals surface area contributed by atoms with Gasteiger partial charge in [-0.05, 0) is 30.7 Å². The summed E-state index contributed by atoms with van der Waals surface area (Å²) >= 11 is 0. The van der Waals surface area contributed by atoms with E-state index < -0.39 is 5.97 Å². The highest BCUT2D eigenvalue weighted by atomic mass is 16.5. The minimum Gasteiger partial charge on any atom is -0.478 e. The van der Waals surface area contributed by atoms with Crippen molar-refractivity contribution in [2.75, 3.05) is 31.6 Å². The smallest absolute Gasteiger partial charge is 0.335 e. The Morgan fingerprint density at radius 3 is 2.58 bits per heavy atom. The minimum atomic E-state index is -0.978. The highest BCUT2D eigenvalue weighted by Gasteiger charge is 2.17. The van der Waals surface area contributed by atoms with E-state index in [9.17, 15) is 9.59 Å². The summed E-state index contributed by atoms with van der Waals surface area (Å²) in [5.41, 5.74) is 1.56. The molecule has 0 radical (unpaired) electrons. The molecule has 102 valence electrons. The van der Waals surface area contributed by atoms with E-state index in [0.29, 0.717) is 32.0 Å². The number of aromatic carboxylic acids is 1. The molecule has 0 unspecified atom stereocenters. The van der Waals surface area contributed by atoms with Crippen molar-refractivity contribution in [2.45, 2.75) is 6.92 Å². The first-order valence-corrected chi connectivity index (χ1v) is 6.05. The van der Waals surface area contributed by atoms with Gasteiger partial charge in [-0.2, -0.15) is 0 Å². The Balaban J connectivity index is 2.06. The van der Waals surface area contributed by atoms with Gasteiger partial charge in [0.25, 0.3) is 0 Å². The average molecular weight is 264 g/mol. The van der Waals surface area contributed by atoms with Crippen LogP contribution in [0.2, 0.25) is 0 Å². The molecule has 2 N–H and O–H groups in total. The van der Waals surface area contributed by atoms with Crippen molar-refractivity contribution in [1.82, 2.24) is 4.90 Å². The number of ether oxygens (including phenoxy) is 1. The first-order valence-electron chi connectivity index (χ1n) is 6.05. The Hall–Kier alpha value is -2.08. The number of rotatable bonds is 2. The van der Waals surface area contributed by atoms with E-state index in [-0.39, 0.29) is 11.6 Å². The van der Waals surface area contributed by atoms with Crippen LogP contribution in [-0.4, -0.2) is 48.3 Å². The lowest BCUT2D eigenvalue weighted by Gasteiger charge is -2.27. The van der Waals surface area contributed by atoms with Crippen LogP contribution in [0.25, 0.3) is 0 Å². The number of aryl methyl sites for hydroxylation is 1. The number of anilines is 1. The first kappa shape index (κ1) is 13.4. The molecule has 0 bridgehead atoms. The summed E-state index contributed by atoms with van der Waals surface area (Å²) in [6.45, 7) is 3.99. The van der Waals surface area contributed by atoms with Gasteiger partial charge in [0.15, 0.2) is 0 Å². The Morgan fingerprint density at radius 1 is 1.32 bits per heavy atom. The fourth-order valence-corrected chi connectivity index (χ4v) is 1.90. The number of carbonyl (C=O) groups excluding carboxylic acids is 1. The predicted octanol–water partition coefficient (Wildman–Crippen LogP) is 1.56. The van der Waals surface area contributed by atoms with Crippen molar-refractivity contribution in [3.8, 4) is 0 Å². The van der Waals surface area contributed by atoms with Crippen LogP contribution >= 0.6 is 0 Å². The van der Waals surface area contributed by atoms with Crippen LogP contribution in [0.4, 0.5) is 10.5 Å². The zero-order valence-electron chi connectivity index (χ0n) is 10.7. The Labute approximate surface area is 111 Å². The van der Waals surface area contributed by atoms with Crippen molar-refractivity contribution in [3.63, 3.8) is 0 Å². The number of carboxylic acid groups (broad SMARTS) is 1. The fraction of sp³-hybridized carbons (Fsp3) is 0.385. The maximum absolute atomic E-state index is 12.0. The van der Waals surface area contributed by atoms with E-state index in [4.69, 9.17) is 9.84 Å². The molecule has 0 aliphatic carbocycles. The molecule has 0 atom stereocenters. The van der Waals surface area contributed by atoms with E-state index in [0.717, 1.165) is 5.56 Å². The topological polar surface area (TPSA) is 78.9 Å². The second-order valence-electron chi connectivity index (χ2n) is 4.36. The SMILES string of the molecule is Cc1cc(C(=O)O)ccc1NC(=O)N1CCOCC1. The second kappa shape index (κ2) is 5.71. The number of benzene rings is 1. The van der Waals surface area contributed by atoms with Crippen LogP contribution in [0.1, 0.15) is 15.9 Å². The molecule has 1 saturated heterocycles. The van der Waals surface area contributed by atoms with Crippen LogP contribution in [0.5, 0.6) is 0 Å². The largest absolute Gasteiger partial charge is 0.478 e. The standard InChI is InChI=1S/C13H16N2O4/c1-9-8-10(12(16)17)2-3-11(9)14-13(18)15-4-6-19-7-5-15/h2-3,8H,4-7H2,1H3,(H,14,18)(H,16,17). The normalized spacial score (nSPS) is 15.1. The van der Waals surface area contributed by atoms with E-state index in [1.807, 2.05) is 0 Å². The van der Waals surface area contributed by atoms with Gasteiger partial charge in [0, 0.05) is 18.8 Å². The summed E-state index contributed by atoms with van der Waals surface area (Å²) in [5, 5.41) is 11.7. The summed E-state index contributed by atoms with van der Waals surface area (Å²) in [6, 6.07) is 4.44. The highest BCUT2D eigenvalue weighted by molar-refractivity contribution is 5.92. The molecular weight excluding hydrogens is 248 g/mol. The minimum absolute atomic E-state index is 0.186. The number of nitrogens with one attached hydrogen (secondary N) is 1. The van der Waals surface area contributed by atoms with Crippen LogP contribution in [0.3, 0.4) is 0 Å². The zero-order valence-corrected chi connectivity index (χ0v) is 10.7. The summed E-state index contributed by atoms with van der Waals surface area (Å²) in [7, 11) is 0. The molecule has 1 aliphatic heterocycles. The van der Waals surface area contributed by atoms with Gasteiger partial charge in [-0.25, -0.2) is 9.59 Å². The van der Waals surface area contributed by atoms with Crippen molar-refractivity contribution < 1.29 is 19.4 Å². The molecule has 1 aromatic rings. The summed E-state index contributed by atoms with van der Waals surface area (Å²) < 4.78 is 5.18. The van der Waals surface area contributed by atoms with E-state index in [2.05, 4.69) is 5.32 Å². The molecule has 2 amide bonds.